The first-order valence-electron chi connectivity index (χ1n) is 6.33. The van der Waals surface area contributed by atoms with Gasteiger partial charge in [-0.05, 0) is 31.4 Å². The Morgan fingerprint density at radius 2 is 2.11 bits per heavy atom. The van der Waals surface area contributed by atoms with E-state index in [1.165, 1.54) is 12.8 Å². The fraction of sp³-hybridized carbons (Fsp3) is 0.538. The summed E-state index contributed by atoms with van der Waals surface area (Å²) in [7, 11) is 1.69. The Bertz CT molecular complexity index is 444. The average Bonchev–Trinajstić information content (AvgIpc) is 3.11. The van der Waals surface area contributed by atoms with Crippen molar-refractivity contribution in [1.82, 2.24) is 0 Å². The fourth-order valence-corrected chi connectivity index (χ4v) is 2.24. The quantitative estimate of drug-likeness (QED) is 0.600. The first-order valence-corrected chi connectivity index (χ1v) is 6.33. The van der Waals surface area contributed by atoms with Crippen LogP contribution in [-0.4, -0.2) is 18.0 Å². The molecule has 0 bridgehead atoms. The molecule has 1 fully saturated rings. The van der Waals surface area contributed by atoms with E-state index < -0.39 is 0 Å². The van der Waals surface area contributed by atoms with E-state index in [-0.39, 0.29) is 16.7 Å². The van der Waals surface area contributed by atoms with Crippen molar-refractivity contribution in [2.75, 3.05) is 17.7 Å². The summed E-state index contributed by atoms with van der Waals surface area (Å²) in [6.45, 7) is 2.08. The number of nitrogens with zero attached hydrogens (tertiary/aromatic N) is 1. The van der Waals surface area contributed by atoms with E-state index in [1.807, 2.05) is 6.07 Å². The molecule has 2 rings (SSSR count). The van der Waals surface area contributed by atoms with Crippen LogP contribution in [0.3, 0.4) is 0 Å². The lowest BCUT2D eigenvalue weighted by Gasteiger charge is -2.16. The van der Waals surface area contributed by atoms with E-state index in [0.717, 1.165) is 12.3 Å². The Morgan fingerprint density at radius 1 is 1.44 bits per heavy atom. The van der Waals surface area contributed by atoms with Crippen molar-refractivity contribution >= 4 is 17.1 Å². The van der Waals surface area contributed by atoms with Gasteiger partial charge in [-0.15, -0.1) is 0 Å². The second-order valence-electron chi connectivity index (χ2n) is 4.93. The Morgan fingerprint density at radius 3 is 2.67 bits per heavy atom. The van der Waals surface area contributed by atoms with Gasteiger partial charge < -0.3 is 10.6 Å². The molecule has 0 aromatic heterocycles. The highest BCUT2D eigenvalue weighted by Crippen LogP contribution is 2.36. The molecule has 5 nitrogen and oxygen atoms in total. The van der Waals surface area contributed by atoms with E-state index in [2.05, 4.69) is 17.6 Å². The lowest BCUT2D eigenvalue weighted by Crippen LogP contribution is -2.17. The topological polar surface area (TPSA) is 67.2 Å². The van der Waals surface area contributed by atoms with Crippen molar-refractivity contribution in [1.29, 1.82) is 0 Å². The predicted octanol–water partition coefficient (Wildman–Crippen LogP) is 3.24. The third kappa shape index (κ3) is 2.91. The van der Waals surface area contributed by atoms with Crippen molar-refractivity contribution in [3.8, 4) is 0 Å². The molecule has 1 saturated carbocycles. The van der Waals surface area contributed by atoms with Gasteiger partial charge in [-0.1, -0.05) is 18.9 Å². The summed E-state index contributed by atoms with van der Waals surface area (Å²) in [5, 5.41) is 17.3. The van der Waals surface area contributed by atoms with Gasteiger partial charge in [0.25, 0.3) is 0 Å². The van der Waals surface area contributed by atoms with E-state index in [1.54, 1.807) is 19.2 Å². The number of hydrogen-bond donors (Lipinski definition) is 2. The summed E-state index contributed by atoms with van der Waals surface area (Å²) >= 11 is 0. The van der Waals surface area contributed by atoms with Crippen LogP contribution in [0, 0.1) is 16.0 Å². The van der Waals surface area contributed by atoms with Crippen LogP contribution in [0.2, 0.25) is 0 Å². The fourth-order valence-electron chi connectivity index (χ4n) is 2.24. The Labute approximate surface area is 107 Å². The zero-order chi connectivity index (χ0) is 13.1. The highest BCUT2D eigenvalue weighted by atomic mass is 16.6. The van der Waals surface area contributed by atoms with Crippen molar-refractivity contribution in [2.24, 2.45) is 5.92 Å². The predicted molar refractivity (Wildman–Crippen MR) is 73.1 cm³/mol. The van der Waals surface area contributed by atoms with Crippen LogP contribution >= 0.6 is 0 Å². The molecule has 2 N–H and O–H groups in total. The summed E-state index contributed by atoms with van der Waals surface area (Å²) in [5.74, 6) is 0.805. The summed E-state index contributed by atoms with van der Waals surface area (Å²) < 4.78 is 0. The molecule has 5 heteroatoms. The minimum absolute atomic E-state index is 0.127. The molecule has 1 aliphatic rings. The Balaban J connectivity index is 2.17. The van der Waals surface area contributed by atoms with Crippen LogP contribution in [0.15, 0.2) is 18.2 Å². The zero-order valence-corrected chi connectivity index (χ0v) is 10.8. The van der Waals surface area contributed by atoms with E-state index >= 15 is 0 Å². The third-order valence-corrected chi connectivity index (χ3v) is 3.27. The molecule has 1 atom stereocenters. The molecule has 18 heavy (non-hydrogen) atoms. The minimum Gasteiger partial charge on any atom is -0.382 e. The molecule has 1 aromatic rings. The van der Waals surface area contributed by atoms with Gasteiger partial charge in [-0.25, -0.2) is 0 Å². The molecule has 0 radical (unpaired) electrons. The normalized spacial score (nSPS) is 16.1. The van der Waals surface area contributed by atoms with Gasteiger partial charge in [0, 0.05) is 13.1 Å². The molecule has 0 amide bonds. The number of nitrogens with one attached hydrogen (secondary N) is 2. The molecule has 0 spiro atoms. The lowest BCUT2D eigenvalue weighted by atomic mass is 10.1. The molecular formula is C13H19N3O2. The average molecular weight is 249 g/mol. The molecule has 1 aromatic carbocycles. The summed E-state index contributed by atoms with van der Waals surface area (Å²) in [5.41, 5.74) is 1.27. The smallest absolute Gasteiger partial charge is 0.315 e. The number of hydrogen-bond acceptors (Lipinski definition) is 4. The number of nitro groups is 1. The molecule has 0 heterocycles. The summed E-state index contributed by atoms with van der Waals surface area (Å²) in [6, 6.07) is 5.57. The molecule has 98 valence electrons. The monoisotopic (exact) mass is 249 g/mol. The summed E-state index contributed by atoms with van der Waals surface area (Å²) in [4.78, 5) is 10.8. The molecular weight excluding hydrogens is 230 g/mol. The Hall–Kier alpha value is -1.78. The molecule has 0 aliphatic heterocycles. The van der Waals surface area contributed by atoms with Gasteiger partial charge in [-0.3, -0.25) is 10.1 Å². The van der Waals surface area contributed by atoms with Gasteiger partial charge >= 0.3 is 5.69 Å². The van der Waals surface area contributed by atoms with Crippen LogP contribution in [0.5, 0.6) is 0 Å². The number of nitro benzene ring substituents is 1. The number of para-hydroxylation sites is 1. The summed E-state index contributed by atoms with van der Waals surface area (Å²) in [6.07, 6.45) is 3.68. The third-order valence-electron chi connectivity index (χ3n) is 3.27. The van der Waals surface area contributed by atoms with Gasteiger partial charge in [0.1, 0.15) is 11.4 Å². The van der Waals surface area contributed by atoms with Gasteiger partial charge in [-0.2, -0.15) is 0 Å². The van der Waals surface area contributed by atoms with Crippen molar-refractivity contribution in [2.45, 2.75) is 32.2 Å². The van der Waals surface area contributed by atoms with Gasteiger partial charge in [0.05, 0.1) is 4.92 Å². The molecule has 0 saturated heterocycles. The van der Waals surface area contributed by atoms with E-state index in [0.29, 0.717) is 11.4 Å². The van der Waals surface area contributed by atoms with E-state index in [9.17, 15) is 10.1 Å². The van der Waals surface area contributed by atoms with Crippen LogP contribution in [0.25, 0.3) is 0 Å². The second kappa shape index (κ2) is 5.25. The molecule has 1 unspecified atom stereocenters. The number of benzene rings is 1. The van der Waals surface area contributed by atoms with E-state index in [4.69, 9.17) is 0 Å². The van der Waals surface area contributed by atoms with Crippen molar-refractivity contribution in [3.05, 3.63) is 28.3 Å². The SMILES string of the molecule is CNc1cccc(NC(C)CC2CC2)c1[N+](=O)[O-]. The maximum absolute atomic E-state index is 11.1. The highest BCUT2D eigenvalue weighted by Gasteiger charge is 2.25. The van der Waals surface area contributed by atoms with Crippen LogP contribution in [-0.2, 0) is 0 Å². The number of anilines is 2. The minimum atomic E-state index is -0.335. The van der Waals surface area contributed by atoms with Crippen LogP contribution < -0.4 is 10.6 Å². The molecule has 1 aliphatic carbocycles. The van der Waals surface area contributed by atoms with Crippen molar-refractivity contribution in [3.63, 3.8) is 0 Å². The highest BCUT2D eigenvalue weighted by molar-refractivity contribution is 5.76. The number of rotatable bonds is 6. The van der Waals surface area contributed by atoms with Gasteiger partial charge in [0.2, 0.25) is 0 Å². The van der Waals surface area contributed by atoms with Crippen LogP contribution in [0.4, 0.5) is 17.1 Å². The maximum Gasteiger partial charge on any atom is 0.315 e. The first-order chi connectivity index (χ1) is 8.61. The Kier molecular flexibility index (Phi) is 3.69. The zero-order valence-electron chi connectivity index (χ0n) is 10.8. The lowest BCUT2D eigenvalue weighted by molar-refractivity contribution is -0.383. The van der Waals surface area contributed by atoms with Gasteiger partial charge in [0.15, 0.2) is 0 Å². The maximum atomic E-state index is 11.1. The second-order valence-corrected chi connectivity index (χ2v) is 4.93. The largest absolute Gasteiger partial charge is 0.382 e. The van der Waals surface area contributed by atoms with Crippen LogP contribution in [0.1, 0.15) is 26.2 Å². The standard InChI is InChI=1S/C13H19N3O2/c1-9(8-10-6-7-10)15-12-5-3-4-11(14-2)13(12)16(17)18/h3-5,9-10,14-15H,6-8H2,1-2H3. The first kappa shape index (κ1) is 12.7. The van der Waals surface area contributed by atoms with Crippen molar-refractivity contribution < 1.29 is 4.92 Å².